The van der Waals surface area contributed by atoms with Crippen molar-refractivity contribution in [2.24, 2.45) is 0 Å². The van der Waals surface area contributed by atoms with Crippen molar-refractivity contribution < 1.29 is 4.79 Å². The van der Waals surface area contributed by atoms with E-state index in [1.165, 1.54) is 44.9 Å². The quantitative estimate of drug-likeness (QED) is 0.338. The van der Waals surface area contributed by atoms with E-state index in [0.717, 1.165) is 12.8 Å². The van der Waals surface area contributed by atoms with Gasteiger partial charge in [-0.1, -0.05) is 56.9 Å². The summed E-state index contributed by atoms with van der Waals surface area (Å²) in [6, 6.07) is 0. The Kier molecular flexibility index (Phi) is 14.4. The summed E-state index contributed by atoms with van der Waals surface area (Å²) in [4.78, 5) is 9.97. The largest absolute Gasteiger partial charge is 0.291 e. The summed E-state index contributed by atoms with van der Waals surface area (Å²) in [5, 5.41) is 0. The van der Waals surface area contributed by atoms with Gasteiger partial charge in [0.25, 0.3) is 0 Å². The minimum atomic E-state index is 0.615. The molecule has 0 aliphatic carbocycles. The highest BCUT2D eigenvalue weighted by atomic mass is 16.1. The van der Waals surface area contributed by atoms with E-state index in [-0.39, 0.29) is 0 Å². The molecule has 0 atom stereocenters. The number of hydrogen-bond acceptors (Lipinski definition) is 1. The Morgan fingerprint density at radius 1 is 0.824 bits per heavy atom. The summed E-state index contributed by atoms with van der Waals surface area (Å²) in [5.41, 5.74) is 0. The van der Waals surface area contributed by atoms with Crippen LogP contribution in [0.15, 0.2) is 24.3 Å². The molecule has 1 radical (unpaired) electrons. The lowest BCUT2D eigenvalue weighted by atomic mass is 10.1. The van der Waals surface area contributed by atoms with E-state index in [0.29, 0.717) is 6.42 Å². The normalized spacial score (nSPS) is 11.6. The van der Waals surface area contributed by atoms with Crippen LogP contribution in [0.5, 0.6) is 0 Å². The van der Waals surface area contributed by atoms with Crippen LogP contribution in [-0.2, 0) is 4.79 Å². The first-order valence-corrected chi connectivity index (χ1v) is 7.06. The molecule has 0 fully saturated rings. The molecule has 97 valence electrons. The molecule has 1 heteroatoms. The Morgan fingerprint density at radius 2 is 1.47 bits per heavy atom. The summed E-state index contributed by atoms with van der Waals surface area (Å²) in [7, 11) is 0. The molecule has 0 aromatic heterocycles. The smallest absolute Gasteiger partial charge is 0.198 e. The van der Waals surface area contributed by atoms with Crippen molar-refractivity contribution in [1.82, 2.24) is 0 Å². The van der Waals surface area contributed by atoms with Crippen LogP contribution in [0.4, 0.5) is 0 Å². The highest BCUT2D eigenvalue weighted by Gasteiger charge is 1.89. The molecule has 0 saturated heterocycles. The molecule has 0 unspecified atom stereocenters. The van der Waals surface area contributed by atoms with E-state index < -0.39 is 0 Å². The van der Waals surface area contributed by atoms with Crippen molar-refractivity contribution in [2.45, 2.75) is 71.1 Å². The van der Waals surface area contributed by atoms with Gasteiger partial charge >= 0.3 is 0 Å². The zero-order valence-corrected chi connectivity index (χ0v) is 11.3. The molecule has 0 saturated carbocycles. The van der Waals surface area contributed by atoms with Crippen LogP contribution in [0, 0.1) is 0 Å². The molecule has 0 spiro atoms. The molecule has 17 heavy (non-hydrogen) atoms. The molecule has 0 rings (SSSR count). The van der Waals surface area contributed by atoms with Crippen molar-refractivity contribution in [3.8, 4) is 0 Å². The second kappa shape index (κ2) is 15.1. The first-order valence-electron chi connectivity index (χ1n) is 7.06. The summed E-state index contributed by atoms with van der Waals surface area (Å²) in [5.74, 6) is 0. The van der Waals surface area contributed by atoms with E-state index in [4.69, 9.17) is 0 Å². The second-order valence-electron chi connectivity index (χ2n) is 4.42. The zero-order valence-electron chi connectivity index (χ0n) is 11.3. The molecular formula is C16H27O. The van der Waals surface area contributed by atoms with Crippen molar-refractivity contribution in [2.75, 3.05) is 0 Å². The number of rotatable bonds is 12. The van der Waals surface area contributed by atoms with Crippen LogP contribution in [0.1, 0.15) is 71.1 Å². The Hall–Kier alpha value is -0.850. The topological polar surface area (TPSA) is 17.1 Å². The van der Waals surface area contributed by atoms with Crippen molar-refractivity contribution in [3.63, 3.8) is 0 Å². The third kappa shape index (κ3) is 15.1. The maximum atomic E-state index is 9.97. The van der Waals surface area contributed by atoms with Crippen LogP contribution in [0.25, 0.3) is 0 Å². The van der Waals surface area contributed by atoms with Crippen LogP contribution in [-0.4, -0.2) is 6.29 Å². The van der Waals surface area contributed by atoms with Crippen LogP contribution >= 0.6 is 0 Å². The molecule has 0 aromatic carbocycles. The van der Waals surface area contributed by atoms with E-state index in [1.54, 1.807) is 0 Å². The fourth-order valence-electron chi connectivity index (χ4n) is 1.66. The standard InChI is InChI=1S/C16H27O/c1-2-3-4-5-6-7-8-9-10-11-12-13-14-15-16-17/h4-5,7-8H,2-3,6,9-15H2,1H3/b5-4+,8-7+. The summed E-state index contributed by atoms with van der Waals surface area (Å²) in [6.07, 6.45) is 22.3. The lowest BCUT2D eigenvalue weighted by molar-refractivity contribution is 0.542. The maximum Gasteiger partial charge on any atom is 0.198 e. The van der Waals surface area contributed by atoms with Gasteiger partial charge in [-0.3, -0.25) is 4.79 Å². The highest BCUT2D eigenvalue weighted by molar-refractivity contribution is 5.50. The molecule has 0 bridgehead atoms. The van der Waals surface area contributed by atoms with Gasteiger partial charge in [-0.15, -0.1) is 0 Å². The summed E-state index contributed by atoms with van der Waals surface area (Å²) < 4.78 is 0. The molecule has 0 aliphatic rings. The third-order valence-electron chi connectivity index (χ3n) is 2.71. The number of hydrogen-bond donors (Lipinski definition) is 0. The fourth-order valence-corrected chi connectivity index (χ4v) is 1.66. The van der Waals surface area contributed by atoms with Gasteiger partial charge in [0.15, 0.2) is 6.29 Å². The Balaban J connectivity index is 3.11. The van der Waals surface area contributed by atoms with Crippen LogP contribution in [0.2, 0.25) is 0 Å². The molecule has 1 nitrogen and oxygen atoms in total. The molecule has 0 heterocycles. The van der Waals surface area contributed by atoms with Crippen molar-refractivity contribution >= 4 is 6.29 Å². The van der Waals surface area contributed by atoms with E-state index >= 15 is 0 Å². The first kappa shape index (κ1) is 16.1. The van der Waals surface area contributed by atoms with E-state index in [2.05, 4.69) is 31.2 Å². The van der Waals surface area contributed by atoms with Gasteiger partial charge in [0.1, 0.15) is 0 Å². The lowest BCUT2D eigenvalue weighted by Gasteiger charge is -1.96. The predicted molar refractivity (Wildman–Crippen MR) is 75.8 cm³/mol. The monoisotopic (exact) mass is 235 g/mol. The molecule has 0 N–H and O–H groups in total. The Labute approximate surface area is 107 Å². The minimum absolute atomic E-state index is 0.615. The van der Waals surface area contributed by atoms with Crippen LogP contribution < -0.4 is 0 Å². The van der Waals surface area contributed by atoms with Gasteiger partial charge in [-0.25, -0.2) is 0 Å². The summed E-state index contributed by atoms with van der Waals surface area (Å²) in [6.45, 7) is 2.20. The molecule has 0 aliphatic heterocycles. The average molecular weight is 235 g/mol. The predicted octanol–water partition coefficient (Wildman–Crippen LogP) is 5.13. The van der Waals surface area contributed by atoms with Gasteiger partial charge in [0, 0.05) is 6.42 Å². The SMILES string of the molecule is CCC/C=C/C/C=C/CCCCCCC[C]=O. The van der Waals surface area contributed by atoms with Gasteiger partial charge in [0.05, 0.1) is 0 Å². The highest BCUT2D eigenvalue weighted by Crippen LogP contribution is 2.07. The van der Waals surface area contributed by atoms with Crippen molar-refractivity contribution in [3.05, 3.63) is 24.3 Å². The van der Waals surface area contributed by atoms with Gasteiger partial charge in [0.2, 0.25) is 0 Å². The van der Waals surface area contributed by atoms with E-state index in [9.17, 15) is 4.79 Å². The van der Waals surface area contributed by atoms with Gasteiger partial charge in [-0.2, -0.15) is 0 Å². The second-order valence-corrected chi connectivity index (χ2v) is 4.42. The van der Waals surface area contributed by atoms with Gasteiger partial charge < -0.3 is 0 Å². The molecule has 0 aromatic rings. The number of allylic oxidation sites excluding steroid dienone is 4. The molecular weight excluding hydrogens is 208 g/mol. The average Bonchev–Trinajstić information content (AvgIpc) is 2.35. The van der Waals surface area contributed by atoms with Crippen LogP contribution in [0.3, 0.4) is 0 Å². The summed E-state index contributed by atoms with van der Waals surface area (Å²) >= 11 is 0. The van der Waals surface area contributed by atoms with E-state index in [1.807, 2.05) is 6.29 Å². The third-order valence-corrected chi connectivity index (χ3v) is 2.71. The zero-order chi connectivity index (χ0) is 12.6. The number of carbonyl (C=O) groups excluding carboxylic acids is 1. The Bertz CT molecular complexity index is 204. The van der Waals surface area contributed by atoms with Gasteiger partial charge in [-0.05, 0) is 32.1 Å². The lowest BCUT2D eigenvalue weighted by Crippen LogP contribution is -1.80. The molecule has 0 amide bonds. The Morgan fingerprint density at radius 3 is 2.18 bits per heavy atom. The maximum absolute atomic E-state index is 9.97. The first-order chi connectivity index (χ1) is 8.41. The number of unbranched alkanes of at least 4 members (excludes halogenated alkanes) is 7. The minimum Gasteiger partial charge on any atom is -0.291 e. The van der Waals surface area contributed by atoms with Crippen molar-refractivity contribution in [1.29, 1.82) is 0 Å². The fraction of sp³-hybridized carbons (Fsp3) is 0.688.